The molecule has 0 spiro atoms. The number of hydrogen-bond donors (Lipinski definition) is 3. The molecule has 0 radical (unpaired) electrons. The maximum absolute atomic E-state index is 9.25. The van der Waals surface area contributed by atoms with Gasteiger partial charge in [0, 0.05) is 6.61 Å². The summed E-state index contributed by atoms with van der Waals surface area (Å²) in [4.78, 5) is 0. The summed E-state index contributed by atoms with van der Waals surface area (Å²) in [7, 11) is 0. The topological polar surface area (TPSA) is 66.5 Å². The Balaban J connectivity index is 2.57. The Labute approximate surface area is 90.5 Å². The zero-order valence-electron chi connectivity index (χ0n) is 9.11. The Morgan fingerprint density at radius 1 is 1.40 bits per heavy atom. The van der Waals surface area contributed by atoms with Crippen molar-refractivity contribution in [3.05, 3.63) is 29.3 Å². The van der Waals surface area contributed by atoms with Crippen LogP contribution in [-0.4, -0.2) is 23.4 Å². The largest absolute Gasteiger partial charge is 0.508 e. The molecule has 0 aliphatic rings. The molecule has 0 saturated heterocycles. The van der Waals surface area contributed by atoms with Crippen molar-refractivity contribution in [2.24, 2.45) is 11.7 Å². The molecule has 0 amide bonds. The molecule has 0 fully saturated rings. The molecule has 0 aromatic heterocycles. The van der Waals surface area contributed by atoms with E-state index in [-0.39, 0.29) is 12.5 Å². The van der Waals surface area contributed by atoms with Gasteiger partial charge in [-0.15, -0.1) is 0 Å². The van der Waals surface area contributed by atoms with Gasteiger partial charge in [-0.05, 0) is 55.5 Å². The molecule has 0 aliphatic carbocycles. The molecule has 0 saturated carbocycles. The second-order valence-electron chi connectivity index (χ2n) is 3.93. The third kappa shape index (κ3) is 3.53. The van der Waals surface area contributed by atoms with Crippen molar-refractivity contribution in [2.45, 2.75) is 19.8 Å². The Morgan fingerprint density at radius 2 is 2.13 bits per heavy atom. The summed E-state index contributed by atoms with van der Waals surface area (Å²) in [5.74, 6) is 0.479. The summed E-state index contributed by atoms with van der Waals surface area (Å²) in [6, 6.07) is 5.38. The molecule has 1 unspecified atom stereocenters. The number of rotatable bonds is 5. The summed E-state index contributed by atoms with van der Waals surface area (Å²) >= 11 is 0. The maximum atomic E-state index is 9.25. The van der Waals surface area contributed by atoms with E-state index >= 15 is 0 Å². The van der Waals surface area contributed by atoms with E-state index in [1.54, 1.807) is 12.1 Å². The fraction of sp³-hybridized carbons (Fsp3) is 0.500. The van der Waals surface area contributed by atoms with E-state index in [1.807, 2.05) is 13.0 Å². The lowest BCUT2D eigenvalue weighted by Gasteiger charge is -2.12. The second-order valence-corrected chi connectivity index (χ2v) is 3.93. The fourth-order valence-corrected chi connectivity index (χ4v) is 1.60. The van der Waals surface area contributed by atoms with Gasteiger partial charge in [0.25, 0.3) is 0 Å². The van der Waals surface area contributed by atoms with Gasteiger partial charge in [-0.2, -0.15) is 0 Å². The van der Waals surface area contributed by atoms with E-state index < -0.39 is 0 Å². The van der Waals surface area contributed by atoms with Crippen LogP contribution in [0.25, 0.3) is 0 Å². The van der Waals surface area contributed by atoms with Gasteiger partial charge in [0.1, 0.15) is 5.75 Å². The number of aliphatic hydroxyl groups is 1. The first-order valence-corrected chi connectivity index (χ1v) is 5.26. The summed E-state index contributed by atoms with van der Waals surface area (Å²) in [6.45, 7) is 2.65. The summed E-state index contributed by atoms with van der Waals surface area (Å²) < 4.78 is 0. The molecule has 3 nitrogen and oxygen atoms in total. The van der Waals surface area contributed by atoms with Crippen LogP contribution in [0.5, 0.6) is 5.75 Å². The van der Waals surface area contributed by atoms with Crippen LogP contribution in [0.3, 0.4) is 0 Å². The fourth-order valence-electron chi connectivity index (χ4n) is 1.60. The minimum absolute atomic E-state index is 0.146. The van der Waals surface area contributed by atoms with Gasteiger partial charge in [-0.25, -0.2) is 0 Å². The van der Waals surface area contributed by atoms with Gasteiger partial charge in [0.15, 0.2) is 0 Å². The lowest BCUT2D eigenvalue weighted by atomic mass is 9.97. The number of benzene rings is 1. The van der Waals surface area contributed by atoms with Crippen molar-refractivity contribution < 1.29 is 10.2 Å². The predicted molar refractivity (Wildman–Crippen MR) is 60.8 cm³/mol. The van der Waals surface area contributed by atoms with Crippen molar-refractivity contribution in [2.75, 3.05) is 13.2 Å². The van der Waals surface area contributed by atoms with E-state index in [9.17, 15) is 5.11 Å². The van der Waals surface area contributed by atoms with Gasteiger partial charge >= 0.3 is 0 Å². The average molecular weight is 209 g/mol. The van der Waals surface area contributed by atoms with Crippen LogP contribution < -0.4 is 5.73 Å². The van der Waals surface area contributed by atoms with Crippen LogP contribution in [0.15, 0.2) is 18.2 Å². The summed E-state index contributed by atoms with van der Waals surface area (Å²) in [6.07, 6.45) is 1.78. The number of hydrogen-bond acceptors (Lipinski definition) is 3. The maximum Gasteiger partial charge on any atom is 0.115 e. The first-order chi connectivity index (χ1) is 7.17. The number of nitrogens with two attached hydrogens (primary N) is 1. The molecule has 1 aromatic rings. The highest BCUT2D eigenvalue weighted by Crippen LogP contribution is 2.18. The SMILES string of the molecule is Cc1cc(O)ccc1CCC(CN)CO. The van der Waals surface area contributed by atoms with Gasteiger partial charge < -0.3 is 15.9 Å². The molecule has 0 aliphatic heterocycles. The molecule has 3 heteroatoms. The first kappa shape index (κ1) is 12.0. The lowest BCUT2D eigenvalue weighted by Crippen LogP contribution is -2.18. The van der Waals surface area contributed by atoms with E-state index in [4.69, 9.17) is 10.8 Å². The van der Waals surface area contributed by atoms with Crippen LogP contribution in [0.1, 0.15) is 17.5 Å². The molecule has 4 N–H and O–H groups in total. The zero-order valence-corrected chi connectivity index (χ0v) is 9.11. The monoisotopic (exact) mass is 209 g/mol. The predicted octanol–water partition coefficient (Wildman–Crippen LogP) is 1.20. The number of phenols is 1. The first-order valence-electron chi connectivity index (χ1n) is 5.26. The highest BCUT2D eigenvalue weighted by atomic mass is 16.3. The Kier molecular flexibility index (Phi) is 4.59. The summed E-state index contributed by atoms with van der Waals surface area (Å²) in [5.41, 5.74) is 7.80. The Hall–Kier alpha value is -1.06. The van der Waals surface area contributed by atoms with Crippen molar-refractivity contribution in [3.63, 3.8) is 0 Å². The van der Waals surface area contributed by atoms with Crippen LogP contribution in [0.2, 0.25) is 0 Å². The molecule has 0 bridgehead atoms. The molecule has 1 rings (SSSR count). The second kappa shape index (κ2) is 5.73. The molecule has 1 aromatic carbocycles. The highest BCUT2D eigenvalue weighted by molar-refractivity contribution is 5.33. The Morgan fingerprint density at radius 3 is 2.67 bits per heavy atom. The van der Waals surface area contributed by atoms with Crippen LogP contribution in [0, 0.1) is 12.8 Å². The molecule has 0 heterocycles. The van der Waals surface area contributed by atoms with Crippen LogP contribution in [0.4, 0.5) is 0 Å². The third-order valence-electron chi connectivity index (χ3n) is 2.74. The average Bonchev–Trinajstić information content (AvgIpc) is 2.22. The lowest BCUT2D eigenvalue weighted by molar-refractivity contribution is 0.223. The van der Waals surface area contributed by atoms with Crippen LogP contribution >= 0.6 is 0 Å². The van der Waals surface area contributed by atoms with E-state index in [0.717, 1.165) is 18.4 Å². The molecule has 1 atom stereocenters. The van der Waals surface area contributed by atoms with Crippen LogP contribution in [-0.2, 0) is 6.42 Å². The van der Waals surface area contributed by atoms with E-state index in [2.05, 4.69) is 0 Å². The highest BCUT2D eigenvalue weighted by Gasteiger charge is 2.06. The van der Waals surface area contributed by atoms with E-state index in [1.165, 1.54) is 5.56 Å². The quantitative estimate of drug-likeness (QED) is 0.682. The standard InChI is InChI=1S/C12H19NO2/c1-9-6-12(15)5-4-11(9)3-2-10(7-13)8-14/h4-6,10,14-15H,2-3,7-8,13H2,1H3. The smallest absolute Gasteiger partial charge is 0.115 e. The minimum Gasteiger partial charge on any atom is -0.508 e. The van der Waals surface area contributed by atoms with E-state index in [0.29, 0.717) is 12.3 Å². The zero-order chi connectivity index (χ0) is 11.3. The molecule has 84 valence electrons. The van der Waals surface area contributed by atoms with Gasteiger partial charge in [0.05, 0.1) is 0 Å². The normalized spacial score (nSPS) is 12.7. The van der Waals surface area contributed by atoms with Gasteiger partial charge in [-0.1, -0.05) is 6.07 Å². The Bertz CT molecular complexity index is 308. The number of phenolic OH excluding ortho intramolecular Hbond substituents is 1. The summed E-state index contributed by atoms with van der Waals surface area (Å²) in [5, 5.41) is 18.2. The van der Waals surface area contributed by atoms with Gasteiger partial charge in [0.2, 0.25) is 0 Å². The number of aromatic hydroxyl groups is 1. The number of aliphatic hydroxyl groups excluding tert-OH is 1. The van der Waals surface area contributed by atoms with Gasteiger partial charge in [-0.3, -0.25) is 0 Å². The number of aryl methyl sites for hydroxylation is 2. The van der Waals surface area contributed by atoms with Crippen molar-refractivity contribution in [1.29, 1.82) is 0 Å². The third-order valence-corrected chi connectivity index (χ3v) is 2.74. The molecular weight excluding hydrogens is 190 g/mol. The van der Waals surface area contributed by atoms with Crippen molar-refractivity contribution >= 4 is 0 Å². The molecular formula is C12H19NO2. The van der Waals surface area contributed by atoms with Crippen molar-refractivity contribution in [1.82, 2.24) is 0 Å². The minimum atomic E-state index is 0.146. The van der Waals surface area contributed by atoms with Crippen molar-refractivity contribution in [3.8, 4) is 5.75 Å². The molecule has 15 heavy (non-hydrogen) atoms.